The van der Waals surface area contributed by atoms with E-state index in [-0.39, 0.29) is 49.7 Å². The number of nitrogens with zero attached hydrogens (tertiary/aromatic N) is 3. The van der Waals surface area contributed by atoms with Crippen molar-refractivity contribution in [2.75, 3.05) is 0 Å². The highest BCUT2D eigenvalue weighted by atomic mass is 16.4. The molecule has 0 spiro atoms. The molecule has 2 aromatic carbocycles. The second-order valence-electron chi connectivity index (χ2n) is 9.74. The Balaban J connectivity index is 0.000000325. The Hall–Kier alpha value is -4.14. The van der Waals surface area contributed by atoms with Gasteiger partial charge in [-0.15, -0.1) is 0 Å². The summed E-state index contributed by atoms with van der Waals surface area (Å²) in [6, 6.07) is 20.6. The van der Waals surface area contributed by atoms with E-state index in [0.717, 1.165) is 18.4 Å². The first-order chi connectivity index (χ1) is 18.6. The SMILES string of the molecule is C.C1=NNC(c2ccccc2)C1.CC(=O)C[C@H](C)C(=O)N1N=CCC1c1ccccc1.CC(=O)C[C@H](C)C(=O)O. The predicted octanol–water partition coefficient (Wildman–Crippen LogP) is 5.59. The molecule has 4 atom stereocenters. The first kappa shape index (κ1) is 33.9. The molecule has 2 heterocycles. The summed E-state index contributed by atoms with van der Waals surface area (Å²) in [6.45, 7) is 6.19. The minimum absolute atomic E-state index is 0. The third kappa shape index (κ3) is 11.3. The van der Waals surface area contributed by atoms with E-state index >= 15 is 0 Å². The zero-order valence-corrected chi connectivity index (χ0v) is 23.0. The van der Waals surface area contributed by atoms with Crippen molar-refractivity contribution in [1.29, 1.82) is 0 Å². The number of benzene rings is 2. The Kier molecular flexibility index (Phi) is 14.8. The highest BCUT2D eigenvalue weighted by Crippen LogP contribution is 2.29. The molecule has 2 unspecified atom stereocenters. The summed E-state index contributed by atoms with van der Waals surface area (Å²) in [7, 11) is 0. The van der Waals surface area contributed by atoms with Crippen LogP contribution in [-0.2, 0) is 19.2 Å². The summed E-state index contributed by atoms with van der Waals surface area (Å²) in [5.41, 5.74) is 5.43. The molecule has 4 rings (SSSR count). The maximum Gasteiger partial charge on any atom is 0.306 e. The molecule has 2 aliphatic rings. The van der Waals surface area contributed by atoms with Gasteiger partial charge in [-0.2, -0.15) is 10.2 Å². The van der Waals surface area contributed by atoms with Gasteiger partial charge in [0, 0.05) is 44.0 Å². The van der Waals surface area contributed by atoms with Crippen molar-refractivity contribution in [2.45, 2.75) is 72.9 Å². The number of hydrogen-bond donors (Lipinski definition) is 2. The minimum Gasteiger partial charge on any atom is -0.481 e. The van der Waals surface area contributed by atoms with Gasteiger partial charge in [0.2, 0.25) is 5.91 Å². The van der Waals surface area contributed by atoms with Gasteiger partial charge in [-0.05, 0) is 25.0 Å². The van der Waals surface area contributed by atoms with Crippen molar-refractivity contribution in [2.24, 2.45) is 22.0 Å². The quantitative estimate of drug-likeness (QED) is 0.441. The molecule has 216 valence electrons. The Morgan fingerprint density at radius 3 is 1.82 bits per heavy atom. The van der Waals surface area contributed by atoms with Gasteiger partial charge in [-0.25, -0.2) is 5.01 Å². The zero-order chi connectivity index (χ0) is 28.8. The Labute approximate surface area is 237 Å². The van der Waals surface area contributed by atoms with E-state index in [1.165, 1.54) is 31.3 Å². The van der Waals surface area contributed by atoms with Gasteiger partial charge in [-0.1, -0.05) is 81.9 Å². The smallest absolute Gasteiger partial charge is 0.306 e. The van der Waals surface area contributed by atoms with Gasteiger partial charge in [0.1, 0.15) is 11.6 Å². The summed E-state index contributed by atoms with van der Waals surface area (Å²) in [4.78, 5) is 43.8. The number of Topliss-reactive ketones (excluding diaryl/α,β-unsaturated/α-hetero) is 2. The third-order valence-corrected chi connectivity index (χ3v) is 6.14. The third-order valence-electron chi connectivity index (χ3n) is 6.14. The molecule has 2 aliphatic heterocycles. The standard InChI is InChI=1S/C15H18N2O2.C9H10N2.C6H10O3.CH4/c1-11(10-12(2)18)15(19)17-14(8-9-16-17)13-6-4-3-5-7-13;1-2-4-8(5-3-1)9-6-7-10-11-9;1-4(6(8)9)3-5(2)7;/h3-7,9,11,14H,8,10H2,1-2H3;1-5,7,9,11H,6H2;4H,3H2,1-2H3,(H,8,9);1H4/t11-,14?;;4-;/m0.0./s1. The van der Waals surface area contributed by atoms with Crippen molar-refractivity contribution in [3.05, 3.63) is 71.8 Å². The molecule has 0 bridgehead atoms. The zero-order valence-electron chi connectivity index (χ0n) is 23.0. The van der Waals surface area contributed by atoms with Crippen LogP contribution in [0.3, 0.4) is 0 Å². The van der Waals surface area contributed by atoms with E-state index in [4.69, 9.17) is 5.11 Å². The normalized spacial score (nSPS) is 18.1. The molecule has 0 radical (unpaired) electrons. The van der Waals surface area contributed by atoms with E-state index in [1.807, 2.05) is 42.6 Å². The molecule has 0 saturated carbocycles. The molecule has 9 heteroatoms. The van der Waals surface area contributed by atoms with Crippen molar-refractivity contribution in [3.63, 3.8) is 0 Å². The first-order valence-corrected chi connectivity index (χ1v) is 13.0. The number of hydrogen-bond acceptors (Lipinski definition) is 7. The molecule has 0 fully saturated rings. The van der Waals surface area contributed by atoms with Crippen LogP contribution in [0.4, 0.5) is 0 Å². The van der Waals surface area contributed by atoms with Gasteiger partial charge in [0.25, 0.3) is 0 Å². The lowest BCUT2D eigenvalue weighted by molar-refractivity contribution is -0.142. The fourth-order valence-electron chi connectivity index (χ4n) is 4.09. The molecule has 2 N–H and O–H groups in total. The average molecular weight is 551 g/mol. The molecule has 0 aliphatic carbocycles. The molecule has 1 amide bonds. The second kappa shape index (κ2) is 17.4. The maximum atomic E-state index is 12.3. The molecular weight excluding hydrogens is 508 g/mol. The van der Waals surface area contributed by atoms with E-state index in [1.54, 1.807) is 13.1 Å². The van der Waals surface area contributed by atoms with Gasteiger partial charge >= 0.3 is 5.97 Å². The summed E-state index contributed by atoms with van der Waals surface area (Å²) < 4.78 is 0. The lowest BCUT2D eigenvalue weighted by atomic mass is 10.0. The van der Waals surface area contributed by atoms with Crippen LogP contribution in [-0.4, -0.2) is 46.0 Å². The predicted molar refractivity (Wildman–Crippen MR) is 158 cm³/mol. The summed E-state index contributed by atoms with van der Waals surface area (Å²) >= 11 is 0. The van der Waals surface area contributed by atoms with Crippen LogP contribution >= 0.6 is 0 Å². The largest absolute Gasteiger partial charge is 0.481 e. The fraction of sp³-hybridized carbons (Fsp3) is 0.419. The maximum absolute atomic E-state index is 12.3. The molecular formula is C31H42N4O5. The van der Waals surface area contributed by atoms with Gasteiger partial charge in [0.05, 0.1) is 18.0 Å². The van der Waals surface area contributed by atoms with Crippen LogP contribution < -0.4 is 5.43 Å². The lowest BCUT2D eigenvalue weighted by Gasteiger charge is -2.24. The molecule has 9 nitrogen and oxygen atoms in total. The number of ketones is 2. The van der Waals surface area contributed by atoms with E-state index < -0.39 is 11.9 Å². The van der Waals surface area contributed by atoms with E-state index in [9.17, 15) is 19.2 Å². The number of carbonyl (C=O) groups excluding carboxylic acids is 3. The highest BCUT2D eigenvalue weighted by molar-refractivity contribution is 5.87. The van der Waals surface area contributed by atoms with Crippen LogP contribution in [0, 0.1) is 11.8 Å². The number of aliphatic carboxylic acids is 1. The van der Waals surface area contributed by atoms with Crippen LogP contribution in [0.2, 0.25) is 0 Å². The van der Waals surface area contributed by atoms with Crippen LogP contribution in [0.25, 0.3) is 0 Å². The Bertz CT molecular complexity index is 1140. The summed E-state index contributed by atoms with van der Waals surface area (Å²) in [6.07, 6.45) is 5.81. The number of hydrazone groups is 2. The number of amides is 1. The number of carboxylic acids is 1. The van der Waals surface area contributed by atoms with Gasteiger partial charge < -0.3 is 20.1 Å². The number of carbonyl (C=O) groups is 4. The molecule has 0 saturated heterocycles. The lowest BCUT2D eigenvalue weighted by Crippen LogP contribution is -2.32. The Morgan fingerprint density at radius 1 is 0.850 bits per heavy atom. The second-order valence-corrected chi connectivity index (χ2v) is 9.74. The number of rotatable bonds is 8. The first-order valence-electron chi connectivity index (χ1n) is 13.0. The van der Waals surface area contributed by atoms with E-state index in [2.05, 4.69) is 39.9 Å². The monoisotopic (exact) mass is 550 g/mol. The van der Waals surface area contributed by atoms with Gasteiger partial charge in [-0.3, -0.25) is 9.59 Å². The number of carboxylic acid groups (broad SMARTS) is 1. The van der Waals surface area contributed by atoms with Crippen LogP contribution in [0.1, 0.15) is 84.0 Å². The highest BCUT2D eigenvalue weighted by Gasteiger charge is 2.31. The average Bonchev–Trinajstić information content (AvgIpc) is 3.62. The van der Waals surface area contributed by atoms with Crippen molar-refractivity contribution in [1.82, 2.24) is 10.4 Å². The van der Waals surface area contributed by atoms with Crippen molar-refractivity contribution in [3.8, 4) is 0 Å². The summed E-state index contributed by atoms with van der Waals surface area (Å²) in [5, 5.41) is 17.9. The van der Waals surface area contributed by atoms with Crippen molar-refractivity contribution < 1.29 is 24.3 Å². The molecule has 0 aromatic heterocycles. The van der Waals surface area contributed by atoms with Gasteiger partial charge in [0.15, 0.2) is 0 Å². The summed E-state index contributed by atoms with van der Waals surface area (Å²) in [5.74, 6) is -1.91. The van der Waals surface area contributed by atoms with Crippen LogP contribution in [0.15, 0.2) is 70.9 Å². The number of nitrogens with one attached hydrogen (secondary N) is 1. The minimum atomic E-state index is -0.912. The molecule has 2 aromatic rings. The van der Waals surface area contributed by atoms with E-state index in [0.29, 0.717) is 6.04 Å². The fourth-order valence-corrected chi connectivity index (χ4v) is 4.09. The van der Waals surface area contributed by atoms with Crippen molar-refractivity contribution >= 4 is 35.9 Å². The topological polar surface area (TPSA) is 128 Å². The Morgan fingerprint density at radius 2 is 1.38 bits per heavy atom. The van der Waals surface area contributed by atoms with Crippen LogP contribution in [0.5, 0.6) is 0 Å². The molecule has 40 heavy (non-hydrogen) atoms.